The lowest BCUT2D eigenvalue weighted by Crippen LogP contribution is -2.16. The highest BCUT2D eigenvalue weighted by molar-refractivity contribution is 6.08. The lowest BCUT2D eigenvalue weighted by molar-refractivity contribution is 0.104. The second-order valence-corrected chi connectivity index (χ2v) is 4.46. The molecule has 1 aromatic rings. The van der Waals surface area contributed by atoms with Crippen molar-refractivity contribution in [2.24, 2.45) is 0 Å². The fourth-order valence-electron chi connectivity index (χ4n) is 1.95. The zero-order chi connectivity index (χ0) is 13.1. The van der Waals surface area contributed by atoms with Gasteiger partial charge in [0.25, 0.3) is 0 Å². The number of nitrogen functional groups attached to an aromatic ring is 2. The Morgan fingerprint density at radius 1 is 1.42 bits per heavy atom. The number of hydrogen-bond donors (Lipinski definition) is 3. The lowest BCUT2D eigenvalue weighted by atomic mass is 10.1. The molecule has 5 nitrogen and oxygen atoms in total. The van der Waals surface area contributed by atoms with Gasteiger partial charge < -0.3 is 21.5 Å². The van der Waals surface area contributed by atoms with Gasteiger partial charge >= 0.3 is 0 Å². The van der Waals surface area contributed by atoms with Crippen LogP contribution in [0.25, 0.3) is 0 Å². The smallest absolute Gasteiger partial charge is 0.189 e. The molecule has 0 saturated carbocycles. The molecule has 104 valence electrons. The van der Waals surface area contributed by atoms with E-state index in [1.54, 1.807) is 24.4 Å². The largest absolute Gasteiger partial charge is 0.399 e. The maximum atomic E-state index is 11.9. The average Bonchev–Trinajstić information content (AvgIpc) is 2.75. The summed E-state index contributed by atoms with van der Waals surface area (Å²) in [7, 11) is 0. The molecule has 0 spiro atoms. The Morgan fingerprint density at radius 2 is 2.16 bits per heavy atom. The van der Waals surface area contributed by atoms with Crippen molar-refractivity contribution in [3.63, 3.8) is 0 Å². The van der Waals surface area contributed by atoms with Gasteiger partial charge in [0.15, 0.2) is 5.78 Å². The van der Waals surface area contributed by atoms with Gasteiger partial charge in [0.05, 0.1) is 6.10 Å². The van der Waals surface area contributed by atoms with Crippen LogP contribution in [0.15, 0.2) is 30.5 Å². The van der Waals surface area contributed by atoms with Crippen LogP contribution in [0.2, 0.25) is 0 Å². The van der Waals surface area contributed by atoms with Gasteiger partial charge in [0.2, 0.25) is 0 Å². The maximum Gasteiger partial charge on any atom is 0.189 e. The molecule has 1 atom stereocenters. The van der Waals surface area contributed by atoms with Crippen molar-refractivity contribution < 1.29 is 9.90 Å². The number of β-amino-alcohol motifs (C(OH)–C–C–N with tert-alkyl or cyclic N) is 1. The fraction of sp³-hybridized carbons (Fsp3) is 0.308. The zero-order valence-corrected chi connectivity index (χ0v) is 11.3. The molecule has 1 unspecified atom stereocenters. The van der Waals surface area contributed by atoms with Gasteiger partial charge in [-0.3, -0.25) is 4.79 Å². The molecule has 19 heavy (non-hydrogen) atoms. The first-order chi connectivity index (χ1) is 8.56. The number of ketones is 1. The predicted octanol–water partition coefficient (Wildman–Crippen LogP) is 1.04. The van der Waals surface area contributed by atoms with Crippen LogP contribution in [0.5, 0.6) is 0 Å². The number of rotatable bonds is 3. The number of benzene rings is 1. The van der Waals surface area contributed by atoms with E-state index >= 15 is 0 Å². The summed E-state index contributed by atoms with van der Waals surface area (Å²) < 4.78 is 0. The second-order valence-electron chi connectivity index (χ2n) is 4.46. The van der Waals surface area contributed by atoms with E-state index in [1.807, 2.05) is 4.90 Å². The van der Waals surface area contributed by atoms with Gasteiger partial charge in [-0.25, -0.2) is 0 Å². The molecular weight excluding hydrogens is 266 g/mol. The van der Waals surface area contributed by atoms with Crippen LogP contribution in [0.3, 0.4) is 0 Å². The summed E-state index contributed by atoms with van der Waals surface area (Å²) in [6.45, 7) is 1.33. The molecule has 1 saturated heterocycles. The first-order valence-corrected chi connectivity index (χ1v) is 5.86. The molecule has 0 aliphatic carbocycles. The highest BCUT2D eigenvalue weighted by Crippen LogP contribution is 2.17. The normalized spacial score (nSPS) is 18.6. The van der Waals surface area contributed by atoms with E-state index in [-0.39, 0.29) is 24.3 Å². The van der Waals surface area contributed by atoms with Gasteiger partial charge in [0.1, 0.15) is 0 Å². The highest BCUT2D eigenvalue weighted by Gasteiger charge is 2.17. The van der Waals surface area contributed by atoms with Crippen molar-refractivity contribution in [3.8, 4) is 0 Å². The quantitative estimate of drug-likeness (QED) is 0.438. The molecule has 2 rings (SSSR count). The number of nitrogens with two attached hydrogens (primary N) is 2. The molecule has 0 amide bonds. The van der Waals surface area contributed by atoms with E-state index in [9.17, 15) is 9.90 Å². The summed E-state index contributed by atoms with van der Waals surface area (Å²) in [6.07, 6.45) is 3.59. The van der Waals surface area contributed by atoms with Crippen LogP contribution in [-0.2, 0) is 0 Å². The second kappa shape index (κ2) is 6.45. The number of aliphatic hydroxyl groups is 1. The maximum absolute atomic E-state index is 11.9. The summed E-state index contributed by atoms with van der Waals surface area (Å²) in [5, 5.41) is 9.37. The Hall–Kier alpha value is -1.72. The minimum absolute atomic E-state index is 0. The molecular formula is C13H18ClN3O2. The highest BCUT2D eigenvalue weighted by atomic mass is 35.5. The number of nitrogens with zero attached hydrogens (tertiary/aromatic N) is 1. The van der Waals surface area contributed by atoms with Crippen LogP contribution in [-0.4, -0.2) is 35.0 Å². The zero-order valence-electron chi connectivity index (χ0n) is 10.5. The molecule has 5 N–H and O–H groups in total. The third-order valence-corrected chi connectivity index (χ3v) is 2.97. The monoisotopic (exact) mass is 283 g/mol. The summed E-state index contributed by atoms with van der Waals surface area (Å²) in [5.74, 6) is -0.179. The first-order valence-electron chi connectivity index (χ1n) is 5.86. The fourth-order valence-corrected chi connectivity index (χ4v) is 1.95. The van der Waals surface area contributed by atoms with Crippen molar-refractivity contribution in [3.05, 3.63) is 36.0 Å². The molecule has 1 aliphatic heterocycles. The Kier molecular flexibility index (Phi) is 5.20. The number of allylic oxidation sites excluding steroid dienone is 1. The summed E-state index contributed by atoms with van der Waals surface area (Å²) in [6, 6.07) is 4.85. The van der Waals surface area contributed by atoms with Crippen molar-refractivity contribution >= 4 is 29.6 Å². The standard InChI is InChI=1S/C13H17N3O2.ClH/c14-9-1-2-12(15)11(7-9)13(18)4-6-16-5-3-10(17)8-16;/h1-2,4,6-7,10,17H,3,5,8,14-15H2;1H. The van der Waals surface area contributed by atoms with Gasteiger partial charge in [-0.05, 0) is 24.6 Å². The van der Waals surface area contributed by atoms with Crippen LogP contribution in [0, 0.1) is 0 Å². The van der Waals surface area contributed by atoms with Crippen LogP contribution >= 0.6 is 12.4 Å². The number of carbonyl (C=O) groups excluding carboxylic acids is 1. The van der Waals surface area contributed by atoms with E-state index in [4.69, 9.17) is 11.5 Å². The van der Waals surface area contributed by atoms with Crippen LogP contribution in [0.4, 0.5) is 11.4 Å². The van der Waals surface area contributed by atoms with E-state index in [0.29, 0.717) is 23.5 Å². The Labute approximate surface area is 118 Å². The van der Waals surface area contributed by atoms with Crippen LogP contribution in [0.1, 0.15) is 16.8 Å². The Morgan fingerprint density at radius 3 is 2.79 bits per heavy atom. The Bertz CT molecular complexity index is 491. The van der Waals surface area contributed by atoms with Gasteiger partial charge in [0, 0.05) is 42.3 Å². The summed E-state index contributed by atoms with van der Waals surface area (Å²) >= 11 is 0. The molecule has 1 aliphatic rings. The molecule has 1 heterocycles. The number of anilines is 2. The molecule has 1 aromatic carbocycles. The van der Waals surface area contributed by atoms with E-state index in [2.05, 4.69) is 0 Å². The molecule has 0 aromatic heterocycles. The minimum atomic E-state index is -0.304. The first kappa shape index (κ1) is 15.3. The number of likely N-dealkylation sites (tertiary alicyclic amines) is 1. The molecule has 6 heteroatoms. The van der Waals surface area contributed by atoms with Crippen molar-refractivity contribution in [1.82, 2.24) is 4.90 Å². The summed E-state index contributed by atoms with van der Waals surface area (Å²) in [4.78, 5) is 13.9. The SMILES string of the molecule is Cl.Nc1ccc(N)c(C(=O)C=CN2CCC(O)C2)c1. The number of halogens is 1. The Balaban J connectivity index is 0.00000180. The third-order valence-electron chi connectivity index (χ3n) is 2.97. The predicted molar refractivity (Wildman–Crippen MR) is 78.2 cm³/mol. The van der Waals surface area contributed by atoms with E-state index in [0.717, 1.165) is 13.0 Å². The van der Waals surface area contributed by atoms with E-state index < -0.39 is 0 Å². The van der Waals surface area contributed by atoms with Gasteiger partial charge in [-0.15, -0.1) is 12.4 Å². The third kappa shape index (κ3) is 3.87. The van der Waals surface area contributed by atoms with Crippen molar-refractivity contribution in [1.29, 1.82) is 0 Å². The molecule has 0 bridgehead atoms. The van der Waals surface area contributed by atoms with Crippen LogP contribution < -0.4 is 11.5 Å². The van der Waals surface area contributed by atoms with E-state index in [1.165, 1.54) is 6.08 Å². The topological polar surface area (TPSA) is 92.6 Å². The van der Waals surface area contributed by atoms with Crippen molar-refractivity contribution in [2.45, 2.75) is 12.5 Å². The van der Waals surface area contributed by atoms with Gasteiger partial charge in [-0.1, -0.05) is 0 Å². The lowest BCUT2D eigenvalue weighted by Gasteiger charge is -2.10. The van der Waals surface area contributed by atoms with Crippen molar-refractivity contribution in [2.75, 3.05) is 24.6 Å². The summed E-state index contributed by atoms with van der Waals surface area (Å²) in [5.41, 5.74) is 12.7. The average molecular weight is 284 g/mol. The molecule has 0 radical (unpaired) electrons. The molecule has 1 fully saturated rings. The number of carbonyl (C=O) groups is 1. The number of hydrogen-bond acceptors (Lipinski definition) is 5. The van der Waals surface area contributed by atoms with Gasteiger partial charge in [-0.2, -0.15) is 0 Å². The number of aliphatic hydroxyl groups excluding tert-OH is 1. The minimum Gasteiger partial charge on any atom is -0.399 e.